The number of aromatic nitrogens is 1. The highest BCUT2D eigenvalue weighted by Gasteiger charge is 2.01. The van der Waals surface area contributed by atoms with E-state index in [9.17, 15) is 0 Å². The van der Waals surface area contributed by atoms with Gasteiger partial charge in [0.1, 0.15) is 11.6 Å². The van der Waals surface area contributed by atoms with Crippen LogP contribution in [0.25, 0.3) is 0 Å². The van der Waals surface area contributed by atoms with Crippen LogP contribution in [-0.2, 0) is 0 Å². The molecule has 3 nitrogen and oxygen atoms in total. The van der Waals surface area contributed by atoms with E-state index in [0.717, 1.165) is 15.8 Å². The third kappa shape index (κ3) is 2.52. The van der Waals surface area contributed by atoms with E-state index in [2.05, 4.69) is 20.9 Å². The van der Waals surface area contributed by atoms with Gasteiger partial charge in [-0.05, 0) is 36.8 Å². The first-order chi connectivity index (χ1) is 7.65. The fourth-order valence-electron chi connectivity index (χ4n) is 1.29. The molecule has 0 atom stereocenters. The van der Waals surface area contributed by atoms with Crippen molar-refractivity contribution in [2.24, 2.45) is 0 Å². The van der Waals surface area contributed by atoms with Gasteiger partial charge in [0, 0.05) is 10.5 Å². The van der Waals surface area contributed by atoms with Crippen LogP contribution in [-0.4, -0.2) is 4.98 Å². The van der Waals surface area contributed by atoms with Gasteiger partial charge in [0.15, 0.2) is 0 Å². The van der Waals surface area contributed by atoms with E-state index < -0.39 is 0 Å². The topological polar surface area (TPSA) is 48.1 Å². The van der Waals surface area contributed by atoms with E-state index in [4.69, 9.17) is 10.5 Å². The SMILES string of the molecule is Cc1cc(Oc2cccc(N)n2)ccc1Br. The lowest BCUT2D eigenvalue weighted by Gasteiger charge is -2.06. The van der Waals surface area contributed by atoms with Crippen molar-refractivity contribution in [2.75, 3.05) is 5.73 Å². The molecule has 0 saturated carbocycles. The predicted octanol–water partition coefficient (Wildman–Crippen LogP) is 3.53. The third-order valence-electron chi connectivity index (χ3n) is 2.10. The van der Waals surface area contributed by atoms with Gasteiger partial charge < -0.3 is 10.5 Å². The number of pyridine rings is 1. The van der Waals surface area contributed by atoms with Gasteiger partial charge in [0.2, 0.25) is 5.88 Å². The highest BCUT2D eigenvalue weighted by atomic mass is 79.9. The number of nitrogens with two attached hydrogens (primary N) is 1. The number of hydrogen-bond acceptors (Lipinski definition) is 3. The van der Waals surface area contributed by atoms with Gasteiger partial charge in [-0.25, -0.2) is 0 Å². The molecule has 0 aliphatic rings. The molecule has 0 bridgehead atoms. The number of rotatable bonds is 2. The molecule has 0 amide bonds. The summed E-state index contributed by atoms with van der Waals surface area (Å²) in [6.07, 6.45) is 0. The summed E-state index contributed by atoms with van der Waals surface area (Å²) < 4.78 is 6.64. The van der Waals surface area contributed by atoms with Gasteiger partial charge >= 0.3 is 0 Å². The Hall–Kier alpha value is -1.55. The van der Waals surface area contributed by atoms with E-state index in [-0.39, 0.29) is 0 Å². The first-order valence-corrected chi connectivity index (χ1v) is 5.61. The second kappa shape index (κ2) is 4.53. The molecule has 2 N–H and O–H groups in total. The van der Waals surface area contributed by atoms with Crippen molar-refractivity contribution >= 4 is 21.7 Å². The number of halogens is 1. The molecule has 16 heavy (non-hydrogen) atoms. The Kier molecular flexibility index (Phi) is 3.10. The van der Waals surface area contributed by atoms with E-state index in [1.165, 1.54) is 0 Å². The van der Waals surface area contributed by atoms with Crippen molar-refractivity contribution in [2.45, 2.75) is 6.92 Å². The lowest BCUT2D eigenvalue weighted by atomic mass is 10.2. The van der Waals surface area contributed by atoms with E-state index in [1.54, 1.807) is 12.1 Å². The van der Waals surface area contributed by atoms with Crippen molar-refractivity contribution in [3.63, 3.8) is 0 Å². The summed E-state index contributed by atoms with van der Waals surface area (Å²) in [5, 5.41) is 0. The van der Waals surface area contributed by atoms with Crippen molar-refractivity contribution in [1.29, 1.82) is 0 Å². The second-order valence-electron chi connectivity index (χ2n) is 3.41. The van der Waals surface area contributed by atoms with E-state index in [0.29, 0.717) is 11.7 Å². The van der Waals surface area contributed by atoms with Crippen LogP contribution in [0.15, 0.2) is 40.9 Å². The zero-order valence-corrected chi connectivity index (χ0v) is 10.4. The Morgan fingerprint density at radius 1 is 1.25 bits per heavy atom. The number of hydrogen-bond donors (Lipinski definition) is 1. The highest BCUT2D eigenvalue weighted by molar-refractivity contribution is 9.10. The first-order valence-electron chi connectivity index (χ1n) is 4.82. The first kappa shape index (κ1) is 11.0. The Morgan fingerprint density at radius 2 is 2.06 bits per heavy atom. The Morgan fingerprint density at radius 3 is 2.75 bits per heavy atom. The number of benzene rings is 1. The molecule has 2 aromatic rings. The Bertz CT molecular complexity index is 514. The van der Waals surface area contributed by atoms with Gasteiger partial charge in [-0.15, -0.1) is 0 Å². The maximum atomic E-state index is 5.58. The molecule has 2 rings (SSSR count). The van der Waals surface area contributed by atoms with Crippen molar-refractivity contribution in [1.82, 2.24) is 4.98 Å². The number of anilines is 1. The lowest BCUT2D eigenvalue weighted by molar-refractivity contribution is 0.463. The summed E-state index contributed by atoms with van der Waals surface area (Å²) in [5.74, 6) is 1.70. The molecule has 0 aliphatic heterocycles. The van der Waals surface area contributed by atoms with Crippen LogP contribution in [0.2, 0.25) is 0 Å². The van der Waals surface area contributed by atoms with Gasteiger partial charge in [0.25, 0.3) is 0 Å². The second-order valence-corrected chi connectivity index (χ2v) is 4.27. The molecule has 0 radical (unpaired) electrons. The molecule has 0 saturated heterocycles. The summed E-state index contributed by atoms with van der Waals surface area (Å²) in [6.45, 7) is 2.00. The number of nitrogens with zero attached hydrogens (tertiary/aromatic N) is 1. The number of aryl methyl sites for hydroxylation is 1. The van der Waals surface area contributed by atoms with Crippen molar-refractivity contribution in [3.05, 3.63) is 46.4 Å². The minimum absolute atomic E-state index is 0.450. The quantitative estimate of drug-likeness (QED) is 0.914. The molecule has 0 unspecified atom stereocenters. The number of ether oxygens (including phenoxy) is 1. The normalized spacial score (nSPS) is 10.1. The summed E-state index contributed by atoms with van der Waals surface area (Å²) in [6, 6.07) is 11.1. The molecule has 1 aromatic carbocycles. The van der Waals surface area contributed by atoms with E-state index >= 15 is 0 Å². The van der Waals surface area contributed by atoms with Crippen LogP contribution in [0.3, 0.4) is 0 Å². The van der Waals surface area contributed by atoms with Gasteiger partial charge in [-0.3, -0.25) is 0 Å². The predicted molar refractivity (Wildman–Crippen MR) is 67.6 cm³/mol. The minimum Gasteiger partial charge on any atom is -0.439 e. The Labute approximate surface area is 102 Å². The number of nitrogen functional groups attached to an aromatic ring is 1. The minimum atomic E-state index is 0.450. The van der Waals surface area contributed by atoms with Gasteiger partial charge in [-0.2, -0.15) is 4.98 Å². The zero-order chi connectivity index (χ0) is 11.5. The average Bonchev–Trinajstić information content (AvgIpc) is 2.24. The Balaban J connectivity index is 2.24. The van der Waals surface area contributed by atoms with E-state index in [1.807, 2.05) is 31.2 Å². The van der Waals surface area contributed by atoms with Crippen molar-refractivity contribution < 1.29 is 4.74 Å². The van der Waals surface area contributed by atoms with Crippen LogP contribution in [0.4, 0.5) is 5.82 Å². The van der Waals surface area contributed by atoms with Crippen LogP contribution >= 0.6 is 15.9 Å². The molecular weight excluding hydrogens is 268 g/mol. The maximum absolute atomic E-state index is 5.58. The fraction of sp³-hybridized carbons (Fsp3) is 0.0833. The van der Waals surface area contributed by atoms with Crippen LogP contribution < -0.4 is 10.5 Å². The largest absolute Gasteiger partial charge is 0.439 e. The molecule has 4 heteroatoms. The van der Waals surface area contributed by atoms with Crippen LogP contribution in [0, 0.1) is 6.92 Å². The molecular formula is C12H11BrN2O. The fourth-order valence-corrected chi connectivity index (χ4v) is 1.54. The summed E-state index contributed by atoms with van der Waals surface area (Å²) in [7, 11) is 0. The molecule has 1 heterocycles. The highest BCUT2D eigenvalue weighted by Crippen LogP contribution is 2.25. The summed E-state index contributed by atoms with van der Waals surface area (Å²) >= 11 is 3.44. The maximum Gasteiger partial charge on any atom is 0.221 e. The summed E-state index contributed by atoms with van der Waals surface area (Å²) in [5.41, 5.74) is 6.68. The van der Waals surface area contributed by atoms with Crippen LogP contribution in [0.1, 0.15) is 5.56 Å². The molecule has 1 aromatic heterocycles. The van der Waals surface area contributed by atoms with Gasteiger partial charge in [-0.1, -0.05) is 22.0 Å². The molecule has 0 fully saturated rings. The average molecular weight is 279 g/mol. The monoisotopic (exact) mass is 278 g/mol. The molecule has 82 valence electrons. The molecule has 0 spiro atoms. The lowest BCUT2D eigenvalue weighted by Crippen LogP contribution is -1.93. The summed E-state index contributed by atoms with van der Waals surface area (Å²) in [4.78, 5) is 4.06. The standard InChI is InChI=1S/C12H11BrN2O/c1-8-7-9(5-6-10(8)13)16-12-4-2-3-11(14)15-12/h2-7H,1H3,(H2,14,15). The van der Waals surface area contributed by atoms with Crippen molar-refractivity contribution in [3.8, 4) is 11.6 Å². The molecule has 0 aliphatic carbocycles. The smallest absolute Gasteiger partial charge is 0.221 e. The van der Waals surface area contributed by atoms with Gasteiger partial charge in [0.05, 0.1) is 0 Å². The third-order valence-corrected chi connectivity index (χ3v) is 2.99. The van der Waals surface area contributed by atoms with Crippen LogP contribution in [0.5, 0.6) is 11.6 Å². The zero-order valence-electron chi connectivity index (χ0n) is 8.77.